The van der Waals surface area contributed by atoms with Crippen LogP contribution in [0.15, 0.2) is 42.9 Å². The molecule has 0 bridgehead atoms. The van der Waals surface area contributed by atoms with Crippen LogP contribution in [-0.2, 0) is 31.7 Å². The van der Waals surface area contributed by atoms with Crippen LogP contribution in [0.4, 0.5) is 5.69 Å². The second-order valence-electron chi connectivity index (χ2n) is 8.72. The van der Waals surface area contributed by atoms with E-state index in [1.807, 2.05) is 36.6 Å². The highest BCUT2D eigenvalue weighted by atomic mass is 31.2. The maximum atomic E-state index is 14.0. The van der Waals surface area contributed by atoms with Crippen LogP contribution in [0.25, 0.3) is 11.2 Å². The lowest BCUT2D eigenvalue weighted by molar-refractivity contribution is -0.188. The molecule has 0 aliphatic carbocycles. The second kappa shape index (κ2) is 11.5. The van der Waals surface area contributed by atoms with Crippen molar-refractivity contribution in [1.29, 1.82) is 0 Å². The highest BCUT2D eigenvalue weighted by molar-refractivity contribution is 7.57. The summed E-state index contributed by atoms with van der Waals surface area (Å²) >= 11 is 0. The van der Waals surface area contributed by atoms with Crippen molar-refractivity contribution in [3.05, 3.63) is 48.4 Å². The normalized spacial score (nSPS) is 18.3. The molecule has 0 amide bonds. The minimum Gasteiger partial charge on any atom is -0.431 e. The van der Waals surface area contributed by atoms with E-state index in [9.17, 15) is 4.57 Å². The van der Waals surface area contributed by atoms with E-state index in [-0.39, 0.29) is 18.5 Å². The highest BCUT2D eigenvalue weighted by Gasteiger charge is 2.33. The van der Waals surface area contributed by atoms with Gasteiger partial charge in [0, 0.05) is 6.20 Å². The molecule has 0 radical (unpaired) electrons. The van der Waals surface area contributed by atoms with Crippen molar-refractivity contribution < 1.29 is 23.3 Å². The molecule has 1 fully saturated rings. The van der Waals surface area contributed by atoms with Gasteiger partial charge in [0.25, 0.3) is 0 Å². The summed E-state index contributed by atoms with van der Waals surface area (Å²) in [6, 6.07) is 8.94. The third-order valence-electron chi connectivity index (χ3n) is 5.74. The van der Waals surface area contributed by atoms with Crippen molar-refractivity contribution in [2.24, 2.45) is 0 Å². The summed E-state index contributed by atoms with van der Waals surface area (Å²) in [7, 11) is -3.49. The van der Waals surface area contributed by atoms with Crippen LogP contribution < -0.4 is 15.3 Å². The first-order valence-corrected chi connectivity index (χ1v) is 13.7. The lowest BCUT2D eigenvalue weighted by Crippen LogP contribution is -2.43. The van der Waals surface area contributed by atoms with Gasteiger partial charge in [0.2, 0.25) is 0 Å². The number of nitrogens with one attached hydrogen (secondary N) is 1. The molecule has 4 rings (SSSR count). The average Bonchev–Trinajstić information content (AvgIpc) is 3.27. The Balaban J connectivity index is 1.46. The summed E-state index contributed by atoms with van der Waals surface area (Å²) in [4.78, 5) is 8.72. The summed E-state index contributed by atoms with van der Waals surface area (Å²) in [5, 5.41) is 3.11. The lowest BCUT2D eigenvalue weighted by Gasteiger charge is -2.32. The zero-order valence-electron chi connectivity index (χ0n) is 20.4. The molecule has 0 spiro atoms. The number of nitrogens with two attached hydrogens (primary N) is 1. The van der Waals surface area contributed by atoms with Crippen LogP contribution in [0.5, 0.6) is 5.75 Å². The molecule has 1 unspecified atom stereocenters. The van der Waals surface area contributed by atoms with E-state index >= 15 is 0 Å². The largest absolute Gasteiger partial charge is 0.431 e. The van der Waals surface area contributed by atoms with Crippen LogP contribution in [0.2, 0.25) is 0 Å². The molecular formula is C24H34N5O5P. The third kappa shape index (κ3) is 6.59. The summed E-state index contributed by atoms with van der Waals surface area (Å²) < 4.78 is 39.3. The van der Waals surface area contributed by atoms with E-state index in [0.717, 1.165) is 18.4 Å². The summed E-state index contributed by atoms with van der Waals surface area (Å²) in [5.41, 5.74) is 8.97. The number of aromatic nitrogens is 3. The smallest absolute Gasteiger partial charge is 0.342 e. The number of hydrogen-bond acceptors (Lipinski definition) is 8. The first-order chi connectivity index (χ1) is 16.9. The molecule has 1 aliphatic rings. The van der Waals surface area contributed by atoms with Crippen LogP contribution >= 0.6 is 7.52 Å². The maximum absolute atomic E-state index is 14.0. The van der Waals surface area contributed by atoms with Gasteiger partial charge in [0.15, 0.2) is 11.9 Å². The molecule has 35 heavy (non-hydrogen) atoms. The molecule has 190 valence electrons. The topological polar surface area (TPSA) is 123 Å². The van der Waals surface area contributed by atoms with Gasteiger partial charge in [-0.05, 0) is 50.5 Å². The number of anilines is 1. The number of pyridine rings is 1. The van der Waals surface area contributed by atoms with Gasteiger partial charge < -0.3 is 29.0 Å². The molecule has 3 N–H and O–H groups in total. The Morgan fingerprint density at radius 2 is 2.06 bits per heavy atom. The lowest BCUT2D eigenvalue weighted by atomic mass is 10.2. The van der Waals surface area contributed by atoms with E-state index in [1.165, 1.54) is 0 Å². The Labute approximate surface area is 205 Å². The Bertz CT molecular complexity index is 1170. The maximum Gasteiger partial charge on any atom is 0.342 e. The van der Waals surface area contributed by atoms with Crippen molar-refractivity contribution in [2.45, 2.75) is 58.6 Å². The molecule has 0 saturated carbocycles. The quantitative estimate of drug-likeness (QED) is 0.374. The van der Waals surface area contributed by atoms with Crippen molar-refractivity contribution in [3.8, 4) is 5.75 Å². The van der Waals surface area contributed by atoms with Crippen molar-refractivity contribution >= 4 is 24.4 Å². The van der Waals surface area contributed by atoms with E-state index in [0.29, 0.717) is 42.4 Å². The minimum atomic E-state index is -3.49. The first-order valence-electron chi connectivity index (χ1n) is 11.9. The molecule has 10 nitrogen and oxygen atoms in total. The van der Waals surface area contributed by atoms with Gasteiger partial charge in [-0.25, -0.2) is 15.1 Å². The number of aryl methyl sites for hydroxylation is 1. The van der Waals surface area contributed by atoms with Crippen LogP contribution in [0.1, 0.15) is 32.8 Å². The van der Waals surface area contributed by atoms with Crippen molar-refractivity contribution in [2.75, 3.05) is 25.3 Å². The standard InChI is InChI=1S/C24H34N5O5P/c1-4-19-7-5-8-20(13-19)34-35(30,28-18(3)24-31-11-6-12-32-24)16-33-17(2)14-29-15-27-22-21(25)9-10-26-23(22)29/h5,7-10,13,15,17-18,24H,4,6,11-12,14,16H2,1-3H3,(H2,25,26)(H,28,30)/t17-,18+,35?/m1/s1. The number of benzene rings is 1. The minimum absolute atomic E-state index is 0.135. The fourth-order valence-corrected chi connectivity index (χ4v) is 5.75. The average molecular weight is 504 g/mol. The number of hydrogen-bond donors (Lipinski definition) is 2. The Kier molecular flexibility index (Phi) is 8.41. The molecule has 3 heterocycles. The second-order valence-corrected chi connectivity index (χ2v) is 10.8. The van der Waals surface area contributed by atoms with E-state index in [2.05, 4.69) is 22.0 Å². The van der Waals surface area contributed by atoms with Crippen molar-refractivity contribution in [1.82, 2.24) is 19.6 Å². The number of rotatable bonds is 11. The fourth-order valence-electron chi connectivity index (χ4n) is 3.92. The number of fused-ring (bicyclic) bond motifs is 1. The van der Waals surface area contributed by atoms with Crippen LogP contribution in [-0.4, -0.2) is 52.5 Å². The molecule has 11 heteroatoms. The number of imidazole rings is 1. The van der Waals surface area contributed by atoms with Crippen LogP contribution in [0.3, 0.4) is 0 Å². The zero-order chi connectivity index (χ0) is 24.8. The molecule has 1 aromatic carbocycles. The zero-order valence-corrected chi connectivity index (χ0v) is 21.3. The van der Waals surface area contributed by atoms with Crippen LogP contribution in [0, 0.1) is 0 Å². The molecule has 2 aromatic heterocycles. The molecule has 1 saturated heterocycles. The fraction of sp³-hybridized carbons (Fsp3) is 0.500. The molecule has 1 aliphatic heterocycles. The van der Waals surface area contributed by atoms with E-state index in [1.54, 1.807) is 24.7 Å². The monoisotopic (exact) mass is 503 g/mol. The first kappa shape index (κ1) is 25.6. The Hall–Kier alpha value is -2.49. The van der Waals surface area contributed by atoms with Gasteiger partial charge in [-0.3, -0.25) is 4.57 Å². The van der Waals surface area contributed by atoms with Gasteiger partial charge in [-0.15, -0.1) is 0 Å². The van der Waals surface area contributed by atoms with Gasteiger partial charge in [-0.1, -0.05) is 19.1 Å². The number of ether oxygens (including phenoxy) is 3. The number of nitrogen functional groups attached to an aromatic ring is 1. The predicted octanol–water partition coefficient (Wildman–Crippen LogP) is 3.95. The highest BCUT2D eigenvalue weighted by Crippen LogP contribution is 2.44. The molecular weight excluding hydrogens is 469 g/mol. The van der Waals surface area contributed by atoms with Gasteiger partial charge >= 0.3 is 7.52 Å². The Morgan fingerprint density at radius 1 is 1.26 bits per heavy atom. The Morgan fingerprint density at radius 3 is 2.83 bits per heavy atom. The number of nitrogens with zero attached hydrogens (tertiary/aromatic N) is 3. The summed E-state index contributed by atoms with van der Waals surface area (Å²) in [5.74, 6) is 0.523. The van der Waals surface area contributed by atoms with E-state index in [4.69, 9.17) is 24.5 Å². The third-order valence-corrected chi connectivity index (χ3v) is 7.53. The van der Waals surface area contributed by atoms with E-state index < -0.39 is 13.8 Å². The van der Waals surface area contributed by atoms with Gasteiger partial charge in [0.1, 0.15) is 17.6 Å². The molecule has 3 aromatic rings. The van der Waals surface area contributed by atoms with Gasteiger partial charge in [-0.2, -0.15) is 0 Å². The molecule has 3 atom stereocenters. The SMILES string of the molecule is CCc1cccc(OP(=O)(CO[C@H](C)Cn2cnc3c(N)ccnc32)N[C@@H](C)C2OCCCO2)c1. The summed E-state index contributed by atoms with van der Waals surface area (Å²) in [6.07, 6.45) is 4.07. The summed E-state index contributed by atoms with van der Waals surface area (Å²) in [6.45, 7) is 7.49. The predicted molar refractivity (Wildman–Crippen MR) is 134 cm³/mol. The van der Waals surface area contributed by atoms with Gasteiger partial charge in [0.05, 0.1) is 43.9 Å². The van der Waals surface area contributed by atoms with Crippen molar-refractivity contribution in [3.63, 3.8) is 0 Å².